The highest BCUT2D eigenvalue weighted by molar-refractivity contribution is 6.01. The third-order valence-electron chi connectivity index (χ3n) is 5.98. The van der Waals surface area contributed by atoms with E-state index in [1.807, 2.05) is 12.1 Å². The van der Waals surface area contributed by atoms with Gasteiger partial charge in [0.05, 0.1) is 19.3 Å². The molecule has 1 N–H and O–H groups in total. The number of benzene rings is 1. The summed E-state index contributed by atoms with van der Waals surface area (Å²) in [6, 6.07) is 10.9. The Morgan fingerprint density at radius 2 is 1.85 bits per heavy atom. The third-order valence-corrected chi connectivity index (χ3v) is 5.98. The van der Waals surface area contributed by atoms with Crippen LogP contribution in [-0.2, 0) is 11.3 Å². The molecular formula is C24H22F3N5O2. The van der Waals surface area contributed by atoms with Crippen LogP contribution in [0.2, 0.25) is 0 Å². The molecule has 0 radical (unpaired) electrons. The molecule has 2 aromatic heterocycles. The molecule has 1 aliphatic heterocycles. The van der Waals surface area contributed by atoms with Gasteiger partial charge >= 0.3 is 6.18 Å². The van der Waals surface area contributed by atoms with Gasteiger partial charge in [-0.1, -0.05) is 6.07 Å². The average molecular weight is 469 g/mol. The van der Waals surface area contributed by atoms with Crippen molar-refractivity contribution in [2.45, 2.75) is 37.4 Å². The van der Waals surface area contributed by atoms with Gasteiger partial charge < -0.3 is 15.0 Å². The Bertz CT molecular complexity index is 1190. The smallest absolute Gasteiger partial charge is 0.405 e. The molecular weight excluding hydrogens is 447 g/mol. The number of hydrogen-bond acceptors (Lipinski definition) is 6. The lowest BCUT2D eigenvalue weighted by molar-refractivity contribution is -0.120. The summed E-state index contributed by atoms with van der Waals surface area (Å²) in [7, 11) is 1.56. The number of fused-ring (bicyclic) bond motifs is 1. The Balaban J connectivity index is 1.53. The van der Waals surface area contributed by atoms with Crippen molar-refractivity contribution in [1.29, 1.82) is 0 Å². The van der Waals surface area contributed by atoms with Crippen LogP contribution in [0.1, 0.15) is 47.2 Å². The molecule has 3 heterocycles. The molecule has 1 unspecified atom stereocenters. The number of ether oxygens (including phenoxy) is 1. The largest absolute Gasteiger partial charge is 0.497 e. The third kappa shape index (κ3) is 4.52. The number of carbonyl (C=O) groups is 1. The summed E-state index contributed by atoms with van der Waals surface area (Å²) in [6.45, 7) is -1.07. The van der Waals surface area contributed by atoms with E-state index in [-0.39, 0.29) is 18.4 Å². The minimum Gasteiger partial charge on any atom is -0.497 e. The van der Waals surface area contributed by atoms with E-state index in [2.05, 4.69) is 20.3 Å². The van der Waals surface area contributed by atoms with Crippen LogP contribution in [-0.4, -0.2) is 40.7 Å². The summed E-state index contributed by atoms with van der Waals surface area (Å²) in [4.78, 5) is 28.3. The molecule has 3 aromatic rings. The zero-order valence-corrected chi connectivity index (χ0v) is 18.3. The zero-order chi connectivity index (χ0) is 23.9. The first kappa shape index (κ1) is 22.1. The van der Waals surface area contributed by atoms with E-state index < -0.39 is 18.6 Å². The van der Waals surface area contributed by atoms with Crippen LogP contribution >= 0.6 is 0 Å². The molecule has 7 nitrogen and oxygen atoms in total. The quantitative estimate of drug-likeness (QED) is 0.576. The molecule has 1 fully saturated rings. The van der Waals surface area contributed by atoms with Crippen molar-refractivity contribution < 1.29 is 22.7 Å². The molecule has 1 aromatic carbocycles. The second-order valence-corrected chi connectivity index (χ2v) is 8.42. The topological polar surface area (TPSA) is 80.2 Å². The van der Waals surface area contributed by atoms with Crippen LogP contribution in [0.5, 0.6) is 5.75 Å². The summed E-state index contributed by atoms with van der Waals surface area (Å²) in [5, 5.41) is 2.21. The fraction of sp³-hybridized carbons (Fsp3) is 0.333. The van der Waals surface area contributed by atoms with E-state index >= 15 is 0 Å². The number of pyridine rings is 1. The number of aromatic nitrogens is 3. The van der Waals surface area contributed by atoms with E-state index in [1.54, 1.807) is 42.5 Å². The number of carbonyl (C=O) groups excluding carboxylic acids is 1. The molecule has 1 aliphatic carbocycles. The number of nitrogens with zero attached hydrogens (tertiary/aromatic N) is 4. The molecule has 1 atom stereocenters. The Labute approximate surface area is 194 Å². The number of anilines is 2. The maximum Gasteiger partial charge on any atom is 0.405 e. The number of rotatable bonds is 6. The first-order valence-corrected chi connectivity index (χ1v) is 10.9. The fourth-order valence-electron chi connectivity index (χ4n) is 4.07. The molecule has 2 aliphatic rings. The molecule has 10 heteroatoms. The summed E-state index contributed by atoms with van der Waals surface area (Å²) in [6.07, 6.45) is 0.933. The molecule has 5 rings (SSSR count). The van der Waals surface area contributed by atoms with Gasteiger partial charge in [0, 0.05) is 35.3 Å². The first-order chi connectivity index (χ1) is 16.3. The van der Waals surface area contributed by atoms with E-state index in [9.17, 15) is 18.0 Å². The van der Waals surface area contributed by atoms with Gasteiger partial charge in [0.15, 0.2) is 0 Å². The van der Waals surface area contributed by atoms with Crippen molar-refractivity contribution in [3.63, 3.8) is 0 Å². The second kappa shape index (κ2) is 8.58. The Kier molecular flexibility index (Phi) is 5.59. The second-order valence-electron chi connectivity index (χ2n) is 8.42. The summed E-state index contributed by atoms with van der Waals surface area (Å²) >= 11 is 0. The van der Waals surface area contributed by atoms with Gasteiger partial charge in [-0.05, 0) is 48.7 Å². The van der Waals surface area contributed by atoms with Crippen molar-refractivity contribution in [3.05, 3.63) is 71.3 Å². The number of amides is 1. The molecule has 34 heavy (non-hydrogen) atoms. The number of alkyl halides is 3. The lowest BCUT2D eigenvalue weighted by atomic mass is 9.88. The van der Waals surface area contributed by atoms with Gasteiger partial charge in [0.25, 0.3) is 0 Å². The highest BCUT2D eigenvalue weighted by Gasteiger charge is 2.38. The zero-order valence-electron chi connectivity index (χ0n) is 18.3. The summed E-state index contributed by atoms with van der Waals surface area (Å²) in [5.74, 6) is -0.108. The Morgan fingerprint density at radius 3 is 2.47 bits per heavy atom. The van der Waals surface area contributed by atoms with Crippen molar-refractivity contribution in [1.82, 2.24) is 15.0 Å². The van der Waals surface area contributed by atoms with Gasteiger partial charge in [-0.15, -0.1) is 0 Å². The van der Waals surface area contributed by atoms with E-state index in [1.165, 1.54) is 6.20 Å². The SMILES string of the molecule is COc1ccc(N2Cc3cnc(NCC(F)(F)F)nc3C(c3ccc(C4CC4)nc3)C2=O)cc1. The predicted molar refractivity (Wildman–Crippen MR) is 119 cm³/mol. The normalized spacial score (nSPS) is 17.9. The van der Waals surface area contributed by atoms with Crippen molar-refractivity contribution in [2.75, 3.05) is 23.9 Å². The highest BCUT2D eigenvalue weighted by Crippen LogP contribution is 2.40. The molecule has 0 bridgehead atoms. The monoisotopic (exact) mass is 469 g/mol. The molecule has 176 valence electrons. The highest BCUT2D eigenvalue weighted by atomic mass is 19.4. The predicted octanol–water partition coefficient (Wildman–Crippen LogP) is 4.41. The van der Waals surface area contributed by atoms with Crippen LogP contribution in [0, 0.1) is 0 Å². The molecule has 0 spiro atoms. The van der Waals surface area contributed by atoms with Crippen LogP contribution in [0.4, 0.5) is 24.8 Å². The maximum absolute atomic E-state index is 13.7. The summed E-state index contributed by atoms with van der Waals surface area (Å²) < 4.78 is 43.3. The van der Waals surface area contributed by atoms with Crippen LogP contribution < -0.4 is 15.0 Å². The standard InChI is InChI=1S/C24H22F3N5O2/c1-34-18-7-5-17(6-8-18)32-12-16-11-29-23(30-13-24(25,26)27)31-21(16)20(22(32)33)15-4-9-19(28-10-15)14-2-3-14/h4-11,14,20H,2-3,12-13H2,1H3,(H,29,30,31). The van der Waals surface area contributed by atoms with Crippen LogP contribution in [0.3, 0.4) is 0 Å². The van der Waals surface area contributed by atoms with Gasteiger partial charge in [-0.25, -0.2) is 9.97 Å². The lowest BCUT2D eigenvalue weighted by Gasteiger charge is -2.33. The number of hydrogen-bond donors (Lipinski definition) is 1. The summed E-state index contributed by atoms with van der Waals surface area (Å²) in [5.41, 5.74) is 3.33. The van der Waals surface area contributed by atoms with Gasteiger partial charge in [-0.2, -0.15) is 13.2 Å². The van der Waals surface area contributed by atoms with Crippen molar-refractivity contribution in [3.8, 4) is 5.75 Å². The van der Waals surface area contributed by atoms with Crippen LogP contribution in [0.25, 0.3) is 0 Å². The molecule has 1 saturated carbocycles. The number of nitrogens with one attached hydrogen (secondary N) is 1. The first-order valence-electron chi connectivity index (χ1n) is 10.9. The average Bonchev–Trinajstić information content (AvgIpc) is 3.68. The minimum absolute atomic E-state index is 0.172. The van der Waals surface area contributed by atoms with Crippen molar-refractivity contribution >= 4 is 17.5 Å². The Morgan fingerprint density at radius 1 is 1.09 bits per heavy atom. The van der Waals surface area contributed by atoms with Gasteiger partial charge in [-0.3, -0.25) is 9.78 Å². The van der Waals surface area contributed by atoms with E-state index in [4.69, 9.17) is 4.74 Å². The van der Waals surface area contributed by atoms with Crippen molar-refractivity contribution in [2.24, 2.45) is 0 Å². The van der Waals surface area contributed by atoms with Crippen LogP contribution in [0.15, 0.2) is 48.8 Å². The number of methoxy groups -OCH3 is 1. The van der Waals surface area contributed by atoms with E-state index in [0.717, 1.165) is 18.5 Å². The fourth-order valence-corrected chi connectivity index (χ4v) is 4.07. The molecule has 1 amide bonds. The lowest BCUT2D eigenvalue weighted by Crippen LogP contribution is -2.40. The van der Waals surface area contributed by atoms with Gasteiger partial charge in [0.1, 0.15) is 18.2 Å². The molecule has 0 saturated heterocycles. The minimum atomic E-state index is -4.41. The maximum atomic E-state index is 13.7. The Hall–Kier alpha value is -3.69. The van der Waals surface area contributed by atoms with E-state index in [0.29, 0.717) is 34.2 Å². The van der Waals surface area contributed by atoms with Gasteiger partial charge in [0.2, 0.25) is 11.9 Å². The number of halogens is 3.